The van der Waals surface area contributed by atoms with E-state index in [0.717, 1.165) is 18.4 Å². The number of hydrogen-bond donors (Lipinski definition) is 1. The predicted molar refractivity (Wildman–Crippen MR) is 71.3 cm³/mol. The Labute approximate surface area is 108 Å². The van der Waals surface area contributed by atoms with Gasteiger partial charge in [-0.3, -0.25) is 4.79 Å². The second kappa shape index (κ2) is 6.01. The van der Waals surface area contributed by atoms with Gasteiger partial charge in [-0.05, 0) is 18.4 Å². The zero-order valence-corrected chi connectivity index (χ0v) is 10.9. The maximum absolute atomic E-state index is 12.5. The Hall–Kier alpha value is -1.35. The Balaban J connectivity index is 2.12. The van der Waals surface area contributed by atoms with Crippen molar-refractivity contribution in [3.05, 3.63) is 35.9 Å². The van der Waals surface area contributed by atoms with Crippen LogP contribution in [0, 0.1) is 0 Å². The van der Waals surface area contributed by atoms with E-state index in [1.165, 1.54) is 0 Å². The lowest BCUT2D eigenvalue weighted by Gasteiger charge is -2.23. The summed E-state index contributed by atoms with van der Waals surface area (Å²) in [6.45, 7) is 3.28. The van der Waals surface area contributed by atoms with Crippen molar-refractivity contribution in [3.8, 4) is 0 Å². The summed E-state index contributed by atoms with van der Waals surface area (Å²) in [6, 6.07) is 9.96. The molecule has 3 nitrogen and oxygen atoms in total. The van der Waals surface area contributed by atoms with E-state index in [-0.39, 0.29) is 17.9 Å². The second-order valence-corrected chi connectivity index (χ2v) is 4.98. The summed E-state index contributed by atoms with van der Waals surface area (Å²) < 4.78 is 0. The highest BCUT2D eigenvalue weighted by Crippen LogP contribution is 2.25. The van der Waals surface area contributed by atoms with Gasteiger partial charge in [0.1, 0.15) is 0 Å². The van der Waals surface area contributed by atoms with Crippen LogP contribution in [0.4, 0.5) is 0 Å². The highest BCUT2D eigenvalue weighted by Gasteiger charge is 2.30. The molecular formula is C15H21NO2. The minimum Gasteiger partial charge on any atom is -0.391 e. The molecule has 2 rings (SSSR count). The number of nitrogens with zero attached hydrogens (tertiary/aromatic N) is 1. The van der Waals surface area contributed by atoms with Gasteiger partial charge < -0.3 is 10.0 Å². The van der Waals surface area contributed by atoms with Gasteiger partial charge in [0.25, 0.3) is 0 Å². The maximum Gasteiger partial charge on any atom is 0.230 e. The largest absolute Gasteiger partial charge is 0.391 e. The standard InChI is InChI=1S/C15H21NO2/c1-2-6-14(12-7-4-3-5-8-12)15(18)16-10-9-13(17)11-16/h3-5,7-8,13-14,17H,2,6,9-11H2,1H3/t13-,14?/m0/s1. The molecular weight excluding hydrogens is 226 g/mol. The van der Waals surface area contributed by atoms with Crippen LogP contribution in [0.1, 0.15) is 37.7 Å². The second-order valence-electron chi connectivity index (χ2n) is 4.98. The number of amides is 1. The molecule has 1 unspecified atom stereocenters. The average molecular weight is 247 g/mol. The molecule has 1 aromatic carbocycles. The molecule has 1 N–H and O–H groups in total. The van der Waals surface area contributed by atoms with Crippen LogP contribution in [-0.2, 0) is 4.79 Å². The van der Waals surface area contributed by atoms with E-state index in [1.54, 1.807) is 4.90 Å². The van der Waals surface area contributed by atoms with Gasteiger partial charge in [-0.1, -0.05) is 43.7 Å². The Bertz CT molecular complexity index is 391. The van der Waals surface area contributed by atoms with Crippen molar-refractivity contribution in [2.75, 3.05) is 13.1 Å². The van der Waals surface area contributed by atoms with Crippen LogP contribution in [0.5, 0.6) is 0 Å². The van der Waals surface area contributed by atoms with E-state index in [9.17, 15) is 9.90 Å². The van der Waals surface area contributed by atoms with Crippen molar-refractivity contribution in [3.63, 3.8) is 0 Å². The minimum absolute atomic E-state index is 0.0542. The number of carbonyl (C=O) groups excluding carboxylic acids is 1. The van der Waals surface area contributed by atoms with Crippen LogP contribution in [0.25, 0.3) is 0 Å². The molecule has 0 aliphatic carbocycles. The number of likely N-dealkylation sites (tertiary alicyclic amines) is 1. The quantitative estimate of drug-likeness (QED) is 0.885. The van der Waals surface area contributed by atoms with Crippen LogP contribution >= 0.6 is 0 Å². The highest BCUT2D eigenvalue weighted by molar-refractivity contribution is 5.84. The third-order valence-electron chi connectivity index (χ3n) is 3.55. The summed E-state index contributed by atoms with van der Waals surface area (Å²) in [7, 11) is 0. The summed E-state index contributed by atoms with van der Waals surface area (Å²) in [5, 5.41) is 9.54. The Kier molecular flexibility index (Phi) is 4.37. The number of β-amino-alcohol motifs (C(OH)–C–C–N with tert-alkyl or cyclic N) is 1. The molecule has 1 aliphatic heterocycles. The summed E-state index contributed by atoms with van der Waals surface area (Å²) in [6.07, 6.45) is 2.23. The molecule has 0 radical (unpaired) electrons. The molecule has 1 saturated heterocycles. The number of benzene rings is 1. The third-order valence-corrected chi connectivity index (χ3v) is 3.55. The van der Waals surface area contributed by atoms with Crippen LogP contribution in [-0.4, -0.2) is 35.1 Å². The van der Waals surface area contributed by atoms with Gasteiger partial charge in [-0.2, -0.15) is 0 Å². The van der Waals surface area contributed by atoms with Gasteiger partial charge in [-0.15, -0.1) is 0 Å². The molecule has 98 valence electrons. The number of hydrogen-bond acceptors (Lipinski definition) is 2. The predicted octanol–water partition coefficient (Wildman–Crippen LogP) is 2.16. The van der Waals surface area contributed by atoms with E-state index in [2.05, 4.69) is 6.92 Å². The lowest BCUT2D eigenvalue weighted by molar-refractivity contribution is -0.132. The molecule has 0 aromatic heterocycles. The van der Waals surface area contributed by atoms with Crippen molar-refractivity contribution in [2.45, 2.75) is 38.2 Å². The number of aliphatic hydroxyl groups is 1. The van der Waals surface area contributed by atoms with E-state index in [4.69, 9.17) is 0 Å². The van der Waals surface area contributed by atoms with Crippen molar-refractivity contribution < 1.29 is 9.90 Å². The first-order valence-corrected chi connectivity index (χ1v) is 6.74. The zero-order valence-electron chi connectivity index (χ0n) is 10.9. The molecule has 2 atom stereocenters. The first-order chi connectivity index (χ1) is 8.72. The summed E-state index contributed by atoms with van der Waals surface area (Å²) in [5.74, 6) is 0.112. The van der Waals surface area contributed by atoms with Gasteiger partial charge in [0, 0.05) is 13.1 Å². The number of carbonyl (C=O) groups is 1. The van der Waals surface area contributed by atoms with Gasteiger partial charge in [-0.25, -0.2) is 0 Å². The fourth-order valence-corrected chi connectivity index (χ4v) is 2.57. The van der Waals surface area contributed by atoms with Crippen LogP contribution in [0.2, 0.25) is 0 Å². The zero-order chi connectivity index (χ0) is 13.0. The topological polar surface area (TPSA) is 40.5 Å². The molecule has 1 fully saturated rings. The maximum atomic E-state index is 12.5. The van der Waals surface area contributed by atoms with Crippen molar-refractivity contribution in [1.82, 2.24) is 4.90 Å². The van der Waals surface area contributed by atoms with Crippen molar-refractivity contribution in [1.29, 1.82) is 0 Å². The van der Waals surface area contributed by atoms with Crippen molar-refractivity contribution in [2.24, 2.45) is 0 Å². The molecule has 0 bridgehead atoms. The van der Waals surface area contributed by atoms with Crippen LogP contribution < -0.4 is 0 Å². The fourth-order valence-electron chi connectivity index (χ4n) is 2.57. The van der Waals surface area contributed by atoms with Crippen molar-refractivity contribution >= 4 is 5.91 Å². The SMILES string of the molecule is CCCC(C(=O)N1CC[C@H](O)C1)c1ccccc1. The summed E-state index contributed by atoms with van der Waals surface area (Å²) in [4.78, 5) is 14.3. The van der Waals surface area contributed by atoms with Gasteiger partial charge in [0.2, 0.25) is 5.91 Å². The van der Waals surface area contributed by atoms with Crippen LogP contribution in [0.15, 0.2) is 30.3 Å². The van der Waals surface area contributed by atoms with E-state index in [1.807, 2.05) is 30.3 Å². The molecule has 0 spiro atoms. The van der Waals surface area contributed by atoms with E-state index < -0.39 is 0 Å². The molecule has 3 heteroatoms. The normalized spacial score (nSPS) is 21.0. The van der Waals surface area contributed by atoms with Gasteiger partial charge in [0.15, 0.2) is 0 Å². The minimum atomic E-state index is -0.341. The molecule has 1 aliphatic rings. The molecule has 1 heterocycles. The first kappa shape index (κ1) is 13.1. The highest BCUT2D eigenvalue weighted by atomic mass is 16.3. The molecule has 18 heavy (non-hydrogen) atoms. The van der Waals surface area contributed by atoms with Gasteiger partial charge in [0.05, 0.1) is 12.0 Å². The average Bonchev–Trinajstić information content (AvgIpc) is 2.83. The summed E-state index contributed by atoms with van der Waals surface area (Å²) >= 11 is 0. The van der Waals surface area contributed by atoms with Crippen LogP contribution in [0.3, 0.4) is 0 Å². The fraction of sp³-hybridized carbons (Fsp3) is 0.533. The molecule has 1 amide bonds. The smallest absolute Gasteiger partial charge is 0.230 e. The molecule has 1 aromatic rings. The number of rotatable bonds is 4. The molecule has 0 saturated carbocycles. The lowest BCUT2D eigenvalue weighted by Crippen LogP contribution is -2.34. The monoisotopic (exact) mass is 247 g/mol. The Morgan fingerprint density at radius 1 is 1.44 bits per heavy atom. The summed E-state index contributed by atoms with van der Waals surface area (Å²) in [5.41, 5.74) is 1.09. The Morgan fingerprint density at radius 2 is 2.17 bits per heavy atom. The Morgan fingerprint density at radius 3 is 2.72 bits per heavy atom. The third kappa shape index (κ3) is 2.91. The van der Waals surface area contributed by atoms with E-state index in [0.29, 0.717) is 19.5 Å². The number of aliphatic hydroxyl groups excluding tert-OH is 1. The lowest BCUT2D eigenvalue weighted by atomic mass is 9.93. The van der Waals surface area contributed by atoms with Gasteiger partial charge >= 0.3 is 0 Å². The van der Waals surface area contributed by atoms with E-state index >= 15 is 0 Å². The first-order valence-electron chi connectivity index (χ1n) is 6.74.